The van der Waals surface area contributed by atoms with Gasteiger partial charge in [0, 0.05) is 23.2 Å². The second kappa shape index (κ2) is 7.30. The van der Waals surface area contributed by atoms with Gasteiger partial charge in [0.05, 0.1) is 19.9 Å². The lowest BCUT2D eigenvalue weighted by Gasteiger charge is -2.16. The lowest BCUT2D eigenvalue weighted by atomic mass is 10.1. The van der Waals surface area contributed by atoms with Gasteiger partial charge in [0.25, 0.3) is 5.91 Å². The Morgan fingerprint density at radius 2 is 1.79 bits per heavy atom. The second-order valence-electron chi connectivity index (χ2n) is 6.55. The number of anilines is 2. The second-order valence-corrected chi connectivity index (χ2v) is 6.55. The molecule has 0 saturated heterocycles. The van der Waals surface area contributed by atoms with Crippen molar-refractivity contribution in [3.05, 3.63) is 35.9 Å². The van der Waals surface area contributed by atoms with Crippen LogP contribution in [0.15, 0.2) is 30.3 Å². The molecule has 0 aromatic heterocycles. The predicted molar refractivity (Wildman–Crippen MR) is 101 cm³/mol. The Balaban J connectivity index is 1.60. The van der Waals surface area contributed by atoms with Crippen LogP contribution in [0.4, 0.5) is 11.4 Å². The van der Waals surface area contributed by atoms with Gasteiger partial charge in [0.15, 0.2) is 23.0 Å². The number of fused-ring (bicyclic) bond motifs is 1. The molecule has 1 aliphatic heterocycles. The van der Waals surface area contributed by atoms with Gasteiger partial charge in [-0.2, -0.15) is 0 Å². The molecule has 2 aromatic carbocycles. The van der Waals surface area contributed by atoms with E-state index in [9.17, 15) is 9.59 Å². The molecule has 0 radical (unpaired) electrons. The average Bonchev–Trinajstić information content (AvgIpc) is 3.45. The average molecular weight is 384 g/mol. The number of ether oxygens (including phenoxy) is 4. The highest BCUT2D eigenvalue weighted by Gasteiger charge is 2.30. The summed E-state index contributed by atoms with van der Waals surface area (Å²) in [7, 11) is 2.96. The monoisotopic (exact) mass is 384 g/mol. The molecular weight excluding hydrogens is 364 g/mol. The molecule has 2 aromatic rings. The summed E-state index contributed by atoms with van der Waals surface area (Å²) in [5, 5.41) is 5.64. The van der Waals surface area contributed by atoms with E-state index in [1.807, 2.05) is 0 Å². The van der Waals surface area contributed by atoms with Crippen molar-refractivity contribution < 1.29 is 28.5 Å². The van der Waals surface area contributed by atoms with Crippen LogP contribution in [0.25, 0.3) is 0 Å². The van der Waals surface area contributed by atoms with Crippen molar-refractivity contribution in [1.82, 2.24) is 0 Å². The predicted octanol–water partition coefficient (Wildman–Crippen LogP) is 3.03. The molecule has 2 aliphatic rings. The summed E-state index contributed by atoms with van der Waals surface area (Å²) < 4.78 is 21.3. The van der Waals surface area contributed by atoms with Gasteiger partial charge in [0.2, 0.25) is 12.7 Å². The first-order valence-electron chi connectivity index (χ1n) is 8.87. The largest absolute Gasteiger partial charge is 0.493 e. The summed E-state index contributed by atoms with van der Waals surface area (Å²) in [5.74, 6) is 1.50. The van der Waals surface area contributed by atoms with Gasteiger partial charge in [-0.15, -0.1) is 0 Å². The molecule has 4 rings (SSSR count). The lowest BCUT2D eigenvalue weighted by Crippen LogP contribution is -2.17. The number of hydrogen-bond donors (Lipinski definition) is 2. The summed E-state index contributed by atoms with van der Waals surface area (Å²) >= 11 is 0. The number of amides is 2. The molecule has 1 heterocycles. The minimum atomic E-state index is -0.360. The summed E-state index contributed by atoms with van der Waals surface area (Å²) in [6.45, 7) is 0.159. The number of hydrogen-bond acceptors (Lipinski definition) is 6. The fraction of sp³-hybridized carbons (Fsp3) is 0.300. The van der Waals surface area contributed by atoms with Crippen molar-refractivity contribution in [2.24, 2.45) is 5.92 Å². The maximum atomic E-state index is 12.8. The van der Waals surface area contributed by atoms with Crippen molar-refractivity contribution in [3.8, 4) is 23.0 Å². The standard InChI is InChI=1S/C20H20N2O6/c1-25-17-8-12(7-14(18(17)26-2)22-19(23)11-3-4-11)20(24)21-13-5-6-15-16(9-13)28-10-27-15/h5-9,11H,3-4,10H2,1-2H3,(H,21,24)(H,22,23). The number of rotatable bonds is 6. The fourth-order valence-electron chi connectivity index (χ4n) is 2.95. The summed E-state index contributed by atoms with van der Waals surface area (Å²) in [6.07, 6.45) is 1.74. The van der Waals surface area contributed by atoms with Crippen LogP contribution in [0, 0.1) is 5.92 Å². The van der Waals surface area contributed by atoms with Crippen molar-refractivity contribution in [1.29, 1.82) is 0 Å². The summed E-state index contributed by atoms with van der Waals surface area (Å²) in [6, 6.07) is 8.28. The minimum Gasteiger partial charge on any atom is -0.493 e. The molecule has 8 nitrogen and oxygen atoms in total. The van der Waals surface area contributed by atoms with E-state index in [1.54, 1.807) is 30.3 Å². The van der Waals surface area contributed by atoms with Crippen LogP contribution in [0.1, 0.15) is 23.2 Å². The molecular formula is C20H20N2O6. The van der Waals surface area contributed by atoms with Gasteiger partial charge in [-0.05, 0) is 37.1 Å². The highest BCUT2D eigenvalue weighted by molar-refractivity contribution is 6.06. The van der Waals surface area contributed by atoms with Crippen LogP contribution in [0.5, 0.6) is 23.0 Å². The van der Waals surface area contributed by atoms with Crippen LogP contribution in [0.2, 0.25) is 0 Å². The summed E-state index contributed by atoms with van der Waals surface area (Å²) in [4.78, 5) is 25.0. The van der Waals surface area contributed by atoms with Gasteiger partial charge >= 0.3 is 0 Å². The Morgan fingerprint density at radius 1 is 1.00 bits per heavy atom. The molecule has 1 saturated carbocycles. The first kappa shape index (κ1) is 18.0. The molecule has 0 bridgehead atoms. The molecule has 1 fully saturated rings. The van der Waals surface area contributed by atoms with Crippen molar-refractivity contribution >= 4 is 23.2 Å². The molecule has 28 heavy (non-hydrogen) atoms. The summed E-state index contributed by atoms with van der Waals surface area (Å²) in [5.41, 5.74) is 1.28. The van der Waals surface area contributed by atoms with Crippen LogP contribution < -0.4 is 29.6 Å². The Kier molecular flexibility index (Phi) is 4.68. The highest BCUT2D eigenvalue weighted by atomic mass is 16.7. The SMILES string of the molecule is COc1cc(C(=O)Nc2ccc3c(c2)OCO3)cc(NC(=O)C2CC2)c1OC. The normalized spacial score (nSPS) is 14.4. The third-order valence-electron chi connectivity index (χ3n) is 4.58. The molecule has 2 amide bonds. The van der Waals surface area contributed by atoms with Crippen LogP contribution >= 0.6 is 0 Å². The highest BCUT2D eigenvalue weighted by Crippen LogP contribution is 2.39. The van der Waals surface area contributed by atoms with E-state index in [-0.39, 0.29) is 24.5 Å². The van der Waals surface area contributed by atoms with E-state index < -0.39 is 0 Å². The van der Waals surface area contributed by atoms with Gasteiger partial charge in [-0.3, -0.25) is 9.59 Å². The third kappa shape index (κ3) is 3.53. The smallest absolute Gasteiger partial charge is 0.255 e. The maximum Gasteiger partial charge on any atom is 0.255 e. The van der Waals surface area contributed by atoms with Crippen molar-refractivity contribution in [2.45, 2.75) is 12.8 Å². The first-order chi connectivity index (χ1) is 13.6. The van der Waals surface area contributed by atoms with Crippen LogP contribution in [-0.4, -0.2) is 32.8 Å². The van der Waals surface area contributed by atoms with Gasteiger partial charge in [0.1, 0.15) is 0 Å². The maximum absolute atomic E-state index is 12.8. The van der Waals surface area contributed by atoms with E-state index in [1.165, 1.54) is 14.2 Å². The first-order valence-corrected chi connectivity index (χ1v) is 8.87. The molecule has 0 atom stereocenters. The van der Waals surface area contributed by atoms with Gasteiger partial charge in [-0.25, -0.2) is 0 Å². The fourth-order valence-corrected chi connectivity index (χ4v) is 2.95. The topological polar surface area (TPSA) is 95.1 Å². The van der Waals surface area contributed by atoms with Gasteiger partial charge in [-0.1, -0.05) is 0 Å². The molecule has 8 heteroatoms. The minimum absolute atomic E-state index is 0.0156. The third-order valence-corrected chi connectivity index (χ3v) is 4.58. The van der Waals surface area contributed by atoms with E-state index >= 15 is 0 Å². The number of benzene rings is 2. The lowest BCUT2D eigenvalue weighted by molar-refractivity contribution is -0.117. The van der Waals surface area contributed by atoms with E-state index in [0.29, 0.717) is 39.9 Å². The van der Waals surface area contributed by atoms with Crippen LogP contribution in [0.3, 0.4) is 0 Å². The van der Waals surface area contributed by atoms with E-state index in [4.69, 9.17) is 18.9 Å². The molecule has 1 aliphatic carbocycles. The Labute approximate surface area is 161 Å². The number of carbonyl (C=O) groups is 2. The Bertz CT molecular complexity index is 939. The molecule has 2 N–H and O–H groups in total. The molecule has 146 valence electrons. The van der Waals surface area contributed by atoms with Crippen LogP contribution in [-0.2, 0) is 4.79 Å². The zero-order valence-electron chi connectivity index (χ0n) is 15.5. The quantitative estimate of drug-likeness (QED) is 0.795. The van der Waals surface area contributed by atoms with Crippen molar-refractivity contribution in [2.75, 3.05) is 31.6 Å². The zero-order chi connectivity index (χ0) is 19.7. The van der Waals surface area contributed by atoms with Crippen molar-refractivity contribution in [3.63, 3.8) is 0 Å². The Hall–Kier alpha value is -3.42. The number of methoxy groups -OCH3 is 2. The van der Waals surface area contributed by atoms with E-state index in [0.717, 1.165) is 12.8 Å². The van der Waals surface area contributed by atoms with E-state index in [2.05, 4.69) is 10.6 Å². The molecule has 0 unspecified atom stereocenters. The molecule has 0 spiro atoms. The van der Waals surface area contributed by atoms with Gasteiger partial charge < -0.3 is 29.6 Å². The number of carbonyl (C=O) groups excluding carboxylic acids is 2. The Morgan fingerprint density at radius 3 is 2.50 bits per heavy atom. The zero-order valence-corrected chi connectivity index (χ0v) is 15.5. The number of nitrogens with one attached hydrogen (secondary N) is 2.